The van der Waals surface area contributed by atoms with Gasteiger partial charge in [0.1, 0.15) is 11.5 Å². The van der Waals surface area contributed by atoms with Gasteiger partial charge in [0.05, 0.1) is 18.0 Å². The Morgan fingerprint density at radius 1 is 1.44 bits per heavy atom. The minimum Gasteiger partial charge on any atom is -0.493 e. The highest BCUT2D eigenvalue weighted by molar-refractivity contribution is 7.09. The Morgan fingerprint density at radius 2 is 2.33 bits per heavy atom. The number of hydrogen-bond acceptors (Lipinski definition) is 4. The fourth-order valence-electron chi connectivity index (χ4n) is 2.29. The highest BCUT2D eigenvalue weighted by Gasteiger charge is 2.27. The van der Waals surface area contributed by atoms with E-state index in [0.717, 1.165) is 22.7 Å². The summed E-state index contributed by atoms with van der Waals surface area (Å²) in [5.41, 5.74) is 1.02. The molecular weight excluding hydrogens is 246 g/mol. The molecule has 0 spiro atoms. The molecule has 1 aliphatic rings. The number of hydrogen-bond donors (Lipinski definition) is 0. The fraction of sp³-hybridized carbons (Fsp3) is 0.286. The molecule has 3 nitrogen and oxygen atoms in total. The van der Waals surface area contributed by atoms with Crippen LogP contribution in [-0.2, 0) is 11.2 Å². The van der Waals surface area contributed by atoms with Gasteiger partial charge in [-0.2, -0.15) is 0 Å². The molecule has 0 saturated heterocycles. The number of carbonyl (C=O) groups is 1. The van der Waals surface area contributed by atoms with Crippen molar-refractivity contribution < 1.29 is 9.53 Å². The Kier molecular flexibility index (Phi) is 3.11. The lowest BCUT2D eigenvalue weighted by molar-refractivity contribution is -0.120. The maximum Gasteiger partial charge on any atom is 0.147 e. The van der Waals surface area contributed by atoms with Crippen LogP contribution < -0.4 is 4.74 Å². The molecule has 18 heavy (non-hydrogen) atoms. The van der Waals surface area contributed by atoms with Gasteiger partial charge in [0.25, 0.3) is 0 Å². The first kappa shape index (κ1) is 11.4. The number of Topliss-reactive ketones (excluding diaryl/α,β-unsaturated/α-hetero) is 1. The highest BCUT2D eigenvalue weighted by atomic mass is 32.1. The first-order valence-electron chi connectivity index (χ1n) is 5.97. The Hall–Kier alpha value is -1.68. The van der Waals surface area contributed by atoms with E-state index in [-0.39, 0.29) is 11.7 Å². The van der Waals surface area contributed by atoms with Crippen molar-refractivity contribution in [2.24, 2.45) is 0 Å². The Morgan fingerprint density at radius 3 is 3.17 bits per heavy atom. The highest BCUT2D eigenvalue weighted by Crippen LogP contribution is 2.34. The van der Waals surface area contributed by atoms with Crippen molar-refractivity contribution in [3.8, 4) is 5.75 Å². The van der Waals surface area contributed by atoms with Gasteiger partial charge in [-0.1, -0.05) is 18.2 Å². The molecule has 1 aromatic heterocycles. The zero-order valence-electron chi connectivity index (χ0n) is 9.83. The number of rotatable bonds is 3. The number of ether oxygens (including phenoxy) is 1. The third-order valence-corrected chi connectivity index (χ3v) is 3.94. The maximum atomic E-state index is 12.3. The molecule has 0 saturated carbocycles. The standard InChI is InChI=1S/C14H13NO2S/c16-12(9-14-15-6-8-18-14)10-5-7-17-13-4-2-1-3-11(10)13/h1-4,6,8,10H,5,7,9H2. The van der Waals surface area contributed by atoms with Gasteiger partial charge in [-0.25, -0.2) is 4.98 Å². The summed E-state index contributed by atoms with van der Waals surface area (Å²) in [6.45, 7) is 0.616. The second kappa shape index (κ2) is 4.90. The predicted molar refractivity (Wildman–Crippen MR) is 70.1 cm³/mol. The van der Waals surface area contributed by atoms with Crippen LogP contribution in [0, 0.1) is 0 Å². The van der Waals surface area contributed by atoms with Crippen LogP contribution in [0.4, 0.5) is 0 Å². The summed E-state index contributed by atoms with van der Waals surface area (Å²) in [4.78, 5) is 16.5. The van der Waals surface area contributed by atoms with E-state index < -0.39 is 0 Å². The number of ketones is 1. The van der Waals surface area contributed by atoms with Crippen LogP contribution in [0.2, 0.25) is 0 Å². The average Bonchev–Trinajstić information content (AvgIpc) is 2.91. The molecule has 1 aliphatic heterocycles. The quantitative estimate of drug-likeness (QED) is 0.851. The number of para-hydroxylation sites is 1. The lowest BCUT2D eigenvalue weighted by Crippen LogP contribution is -2.22. The number of carbonyl (C=O) groups excluding carboxylic acids is 1. The SMILES string of the molecule is O=C(Cc1nccs1)C1CCOc2ccccc21. The number of thiazole rings is 1. The van der Waals surface area contributed by atoms with E-state index in [1.165, 1.54) is 11.3 Å². The van der Waals surface area contributed by atoms with Crippen LogP contribution in [0.5, 0.6) is 5.75 Å². The molecule has 1 atom stereocenters. The first-order chi connectivity index (χ1) is 8.84. The number of fused-ring (bicyclic) bond motifs is 1. The van der Waals surface area contributed by atoms with Gasteiger partial charge < -0.3 is 4.74 Å². The Balaban J connectivity index is 1.83. The van der Waals surface area contributed by atoms with Crippen molar-refractivity contribution in [1.82, 2.24) is 4.98 Å². The molecular formula is C14H13NO2S. The normalized spacial score (nSPS) is 17.9. The number of nitrogens with zero attached hydrogens (tertiary/aromatic N) is 1. The Bertz CT molecular complexity index is 551. The van der Waals surface area contributed by atoms with Gasteiger partial charge in [0.15, 0.2) is 0 Å². The molecule has 3 rings (SSSR count). The van der Waals surface area contributed by atoms with Crippen LogP contribution in [0.3, 0.4) is 0 Å². The molecule has 0 radical (unpaired) electrons. The van der Waals surface area contributed by atoms with Crippen molar-refractivity contribution in [3.05, 3.63) is 46.4 Å². The second-order valence-electron chi connectivity index (χ2n) is 4.30. The molecule has 92 valence electrons. The van der Waals surface area contributed by atoms with Gasteiger partial charge in [-0.05, 0) is 12.5 Å². The van der Waals surface area contributed by atoms with E-state index in [4.69, 9.17) is 4.74 Å². The lowest BCUT2D eigenvalue weighted by Gasteiger charge is -2.24. The van der Waals surface area contributed by atoms with Crippen LogP contribution in [0.15, 0.2) is 35.8 Å². The van der Waals surface area contributed by atoms with Gasteiger partial charge in [-0.3, -0.25) is 4.79 Å². The number of aromatic nitrogens is 1. The van der Waals surface area contributed by atoms with Crippen molar-refractivity contribution in [2.75, 3.05) is 6.61 Å². The van der Waals surface area contributed by atoms with Crippen LogP contribution in [0.25, 0.3) is 0 Å². The van der Waals surface area contributed by atoms with Crippen molar-refractivity contribution in [3.63, 3.8) is 0 Å². The summed E-state index contributed by atoms with van der Waals surface area (Å²) in [6.07, 6.45) is 2.93. The Labute approximate surface area is 109 Å². The molecule has 0 fully saturated rings. The third kappa shape index (κ3) is 2.16. The first-order valence-corrected chi connectivity index (χ1v) is 6.85. The lowest BCUT2D eigenvalue weighted by atomic mass is 9.88. The average molecular weight is 259 g/mol. The zero-order chi connectivity index (χ0) is 12.4. The minimum atomic E-state index is -0.0427. The summed E-state index contributed by atoms with van der Waals surface area (Å²) in [5, 5.41) is 2.80. The van der Waals surface area contributed by atoms with Crippen molar-refractivity contribution in [2.45, 2.75) is 18.8 Å². The van der Waals surface area contributed by atoms with Crippen LogP contribution in [0.1, 0.15) is 22.9 Å². The van der Waals surface area contributed by atoms with Crippen molar-refractivity contribution in [1.29, 1.82) is 0 Å². The largest absolute Gasteiger partial charge is 0.493 e. The summed E-state index contributed by atoms with van der Waals surface area (Å²) in [5.74, 6) is 1.04. The molecule has 2 aromatic rings. The molecule has 1 aromatic carbocycles. The maximum absolute atomic E-state index is 12.3. The van der Waals surface area contributed by atoms with E-state index in [9.17, 15) is 4.79 Å². The van der Waals surface area contributed by atoms with E-state index in [1.54, 1.807) is 6.20 Å². The fourth-order valence-corrected chi connectivity index (χ4v) is 2.92. The molecule has 0 bridgehead atoms. The molecule has 2 heterocycles. The zero-order valence-corrected chi connectivity index (χ0v) is 10.7. The number of benzene rings is 1. The summed E-state index contributed by atoms with van der Waals surface area (Å²) < 4.78 is 5.57. The van der Waals surface area contributed by atoms with E-state index in [0.29, 0.717) is 13.0 Å². The summed E-state index contributed by atoms with van der Waals surface area (Å²) >= 11 is 1.53. The van der Waals surface area contributed by atoms with Gasteiger partial charge >= 0.3 is 0 Å². The third-order valence-electron chi connectivity index (χ3n) is 3.16. The predicted octanol–water partition coefficient (Wildman–Crippen LogP) is 2.82. The molecule has 0 amide bonds. The molecule has 4 heteroatoms. The minimum absolute atomic E-state index is 0.0427. The molecule has 0 aliphatic carbocycles. The van der Waals surface area contributed by atoms with Crippen LogP contribution >= 0.6 is 11.3 Å². The summed E-state index contributed by atoms with van der Waals surface area (Å²) in [7, 11) is 0. The van der Waals surface area contributed by atoms with Gasteiger partial charge in [0.2, 0.25) is 0 Å². The van der Waals surface area contributed by atoms with E-state index >= 15 is 0 Å². The molecule has 1 unspecified atom stereocenters. The van der Waals surface area contributed by atoms with Gasteiger partial charge in [0, 0.05) is 23.1 Å². The molecule has 0 N–H and O–H groups in total. The van der Waals surface area contributed by atoms with Crippen molar-refractivity contribution >= 4 is 17.1 Å². The monoisotopic (exact) mass is 259 g/mol. The summed E-state index contributed by atoms with van der Waals surface area (Å²) in [6, 6.07) is 7.81. The van der Waals surface area contributed by atoms with Gasteiger partial charge in [-0.15, -0.1) is 11.3 Å². The van der Waals surface area contributed by atoms with Crippen LogP contribution in [-0.4, -0.2) is 17.4 Å². The van der Waals surface area contributed by atoms with E-state index in [1.807, 2.05) is 29.6 Å². The topological polar surface area (TPSA) is 39.2 Å². The second-order valence-corrected chi connectivity index (χ2v) is 5.28. The van der Waals surface area contributed by atoms with E-state index in [2.05, 4.69) is 4.98 Å². The smallest absolute Gasteiger partial charge is 0.147 e.